The second kappa shape index (κ2) is 6.55. The summed E-state index contributed by atoms with van der Waals surface area (Å²) >= 11 is 0. The first-order valence-corrected chi connectivity index (χ1v) is 8.45. The van der Waals surface area contributed by atoms with E-state index in [2.05, 4.69) is 54.6 Å². The molecule has 0 aliphatic heterocycles. The Labute approximate surface area is 131 Å². The molecule has 2 nitrogen and oxygen atoms in total. The highest BCUT2D eigenvalue weighted by atomic mass is 31.1. The molecular formula is C19H17N2P. The van der Waals surface area contributed by atoms with Gasteiger partial charge in [-0.3, -0.25) is 5.41 Å². The molecule has 3 heteroatoms. The number of hydrogen-bond acceptors (Lipinski definition) is 1. The predicted octanol–water partition coefficient (Wildman–Crippen LogP) is 2.73. The van der Waals surface area contributed by atoms with Crippen LogP contribution in [0.15, 0.2) is 84.9 Å². The van der Waals surface area contributed by atoms with Crippen molar-refractivity contribution in [2.24, 2.45) is 5.73 Å². The first-order chi connectivity index (χ1) is 10.8. The van der Waals surface area contributed by atoms with Crippen molar-refractivity contribution in [3.63, 3.8) is 0 Å². The van der Waals surface area contributed by atoms with Gasteiger partial charge < -0.3 is 5.73 Å². The summed E-state index contributed by atoms with van der Waals surface area (Å²) in [5, 5.41) is 11.5. The van der Waals surface area contributed by atoms with E-state index in [-0.39, 0.29) is 5.84 Å². The van der Waals surface area contributed by atoms with Gasteiger partial charge in [0, 0.05) is 5.56 Å². The van der Waals surface area contributed by atoms with Gasteiger partial charge in [-0.25, -0.2) is 0 Å². The Morgan fingerprint density at radius 2 is 1.14 bits per heavy atom. The highest BCUT2D eigenvalue weighted by Gasteiger charge is 2.19. The molecule has 0 fully saturated rings. The zero-order valence-corrected chi connectivity index (χ0v) is 13.0. The van der Waals surface area contributed by atoms with Crippen molar-refractivity contribution in [3.05, 3.63) is 90.5 Å². The van der Waals surface area contributed by atoms with Crippen LogP contribution in [0.4, 0.5) is 0 Å². The van der Waals surface area contributed by atoms with Crippen molar-refractivity contribution in [2.45, 2.75) is 0 Å². The monoisotopic (exact) mass is 304 g/mol. The zero-order chi connectivity index (χ0) is 15.4. The Kier molecular flexibility index (Phi) is 4.32. The number of amidine groups is 1. The van der Waals surface area contributed by atoms with Crippen molar-refractivity contribution in [1.29, 1.82) is 5.41 Å². The van der Waals surface area contributed by atoms with Gasteiger partial charge in [-0.1, -0.05) is 84.9 Å². The Hall–Kier alpha value is -2.44. The van der Waals surface area contributed by atoms with Gasteiger partial charge >= 0.3 is 0 Å². The Bertz CT molecular complexity index is 730. The smallest absolute Gasteiger partial charge is 0.123 e. The third kappa shape index (κ3) is 2.93. The summed E-state index contributed by atoms with van der Waals surface area (Å²) in [6.45, 7) is 0. The molecule has 0 unspecified atom stereocenters. The van der Waals surface area contributed by atoms with Crippen molar-refractivity contribution < 1.29 is 0 Å². The van der Waals surface area contributed by atoms with Crippen molar-refractivity contribution >= 4 is 29.7 Å². The van der Waals surface area contributed by atoms with Gasteiger partial charge in [0.2, 0.25) is 0 Å². The van der Waals surface area contributed by atoms with Gasteiger partial charge in [-0.15, -0.1) is 0 Å². The molecule has 0 bridgehead atoms. The van der Waals surface area contributed by atoms with Crippen LogP contribution in [0.25, 0.3) is 0 Å². The van der Waals surface area contributed by atoms with Crippen LogP contribution in [-0.4, -0.2) is 5.84 Å². The molecule has 0 spiro atoms. The molecule has 22 heavy (non-hydrogen) atoms. The maximum Gasteiger partial charge on any atom is 0.123 e. The lowest BCUT2D eigenvalue weighted by Crippen LogP contribution is -2.27. The van der Waals surface area contributed by atoms with Crippen LogP contribution in [0, 0.1) is 5.41 Å². The van der Waals surface area contributed by atoms with Crippen LogP contribution in [0.5, 0.6) is 0 Å². The molecular weight excluding hydrogens is 287 g/mol. The lowest BCUT2D eigenvalue weighted by atomic mass is 10.2. The second-order valence-corrected chi connectivity index (χ2v) is 7.12. The van der Waals surface area contributed by atoms with E-state index in [9.17, 15) is 0 Å². The summed E-state index contributed by atoms with van der Waals surface area (Å²) in [5.41, 5.74) is 6.62. The minimum absolute atomic E-state index is 0.120. The lowest BCUT2D eigenvalue weighted by molar-refractivity contribution is 1.44. The lowest BCUT2D eigenvalue weighted by Gasteiger charge is -2.21. The summed E-state index contributed by atoms with van der Waals surface area (Å²) in [6.07, 6.45) is 0. The van der Waals surface area contributed by atoms with Gasteiger partial charge in [0.05, 0.1) is 0 Å². The van der Waals surface area contributed by atoms with Crippen LogP contribution >= 0.6 is 7.92 Å². The maximum absolute atomic E-state index is 7.88. The zero-order valence-electron chi connectivity index (χ0n) is 12.1. The normalized spacial score (nSPS) is 10.6. The molecule has 3 N–H and O–H groups in total. The molecule has 0 atom stereocenters. The Morgan fingerprint density at radius 1 is 0.682 bits per heavy atom. The summed E-state index contributed by atoms with van der Waals surface area (Å²) in [7, 11) is -0.720. The van der Waals surface area contributed by atoms with E-state index in [0.29, 0.717) is 0 Å². The van der Waals surface area contributed by atoms with Crippen molar-refractivity contribution in [2.75, 3.05) is 0 Å². The molecule has 3 aromatic rings. The van der Waals surface area contributed by atoms with Gasteiger partial charge in [0.1, 0.15) is 5.84 Å². The van der Waals surface area contributed by atoms with Crippen LogP contribution in [0.3, 0.4) is 0 Å². The van der Waals surface area contributed by atoms with E-state index >= 15 is 0 Å². The number of nitrogens with one attached hydrogen (secondary N) is 1. The third-order valence-corrected chi connectivity index (χ3v) is 5.96. The molecule has 0 saturated heterocycles. The standard InChI is InChI=1S/C19H17N2P/c20-19(21)17-13-7-8-14-18(17)22(15-9-3-1-4-10-15)16-11-5-2-6-12-16/h1-14H,(H3,20,21). The maximum atomic E-state index is 7.88. The Balaban J connectivity index is 2.21. The number of benzene rings is 3. The summed E-state index contributed by atoms with van der Waals surface area (Å²) in [5.74, 6) is 0.120. The largest absolute Gasteiger partial charge is 0.384 e. The molecule has 0 aliphatic rings. The first-order valence-electron chi connectivity index (χ1n) is 7.11. The van der Waals surface area contributed by atoms with E-state index in [1.807, 2.05) is 30.3 Å². The molecule has 0 amide bonds. The SMILES string of the molecule is N=C(N)c1ccccc1P(c1ccccc1)c1ccccc1. The van der Waals surface area contributed by atoms with E-state index in [1.54, 1.807) is 0 Å². The van der Waals surface area contributed by atoms with Gasteiger partial charge in [-0.05, 0) is 23.8 Å². The highest BCUT2D eigenvalue weighted by Crippen LogP contribution is 2.33. The fourth-order valence-corrected chi connectivity index (χ4v) is 4.94. The van der Waals surface area contributed by atoms with Crippen molar-refractivity contribution in [3.8, 4) is 0 Å². The summed E-state index contributed by atoms with van der Waals surface area (Å²) in [4.78, 5) is 0. The fraction of sp³-hybridized carbons (Fsp3) is 0. The van der Waals surface area contributed by atoms with Gasteiger partial charge in [0.15, 0.2) is 0 Å². The fourth-order valence-electron chi connectivity index (χ4n) is 2.48. The summed E-state index contributed by atoms with van der Waals surface area (Å²) < 4.78 is 0. The topological polar surface area (TPSA) is 49.9 Å². The second-order valence-electron chi connectivity index (χ2n) is 4.94. The molecule has 0 aliphatic carbocycles. The van der Waals surface area contributed by atoms with Gasteiger partial charge in [0.25, 0.3) is 0 Å². The highest BCUT2D eigenvalue weighted by molar-refractivity contribution is 7.80. The predicted molar refractivity (Wildman–Crippen MR) is 96.2 cm³/mol. The quantitative estimate of drug-likeness (QED) is 0.434. The number of nitrogen functional groups attached to an aromatic ring is 1. The van der Waals surface area contributed by atoms with E-state index < -0.39 is 7.92 Å². The van der Waals surface area contributed by atoms with Crippen LogP contribution in [0.2, 0.25) is 0 Å². The Morgan fingerprint density at radius 3 is 1.64 bits per heavy atom. The first kappa shape index (κ1) is 14.5. The van der Waals surface area contributed by atoms with Crippen LogP contribution in [0.1, 0.15) is 5.56 Å². The molecule has 3 rings (SSSR count). The molecule has 0 saturated carbocycles. The van der Waals surface area contributed by atoms with Crippen LogP contribution < -0.4 is 21.6 Å². The molecule has 0 radical (unpaired) electrons. The third-order valence-electron chi connectivity index (χ3n) is 3.46. The van der Waals surface area contributed by atoms with E-state index in [4.69, 9.17) is 11.1 Å². The molecule has 0 heterocycles. The van der Waals surface area contributed by atoms with Crippen molar-refractivity contribution in [1.82, 2.24) is 0 Å². The molecule has 0 aromatic heterocycles. The van der Waals surface area contributed by atoms with E-state index in [0.717, 1.165) is 10.9 Å². The average Bonchev–Trinajstić information content (AvgIpc) is 2.57. The van der Waals surface area contributed by atoms with Gasteiger partial charge in [-0.2, -0.15) is 0 Å². The minimum atomic E-state index is -0.720. The van der Waals surface area contributed by atoms with E-state index in [1.165, 1.54) is 10.6 Å². The summed E-state index contributed by atoms with van der Waals surface area (Å²) in [6, 6.07) is 28.9. The number of nitrogens with two attached hydrogens (primary N) is 1. The average molecular weight is 304 g/mol. The number of rotatable bonds is 4. The van der Waals surface area contributed by atoms with Crippen LogP contribution in [-0.2, 0) is 0 Å². The number of hydrogen-bond donors (Lipinski definition) is 2. The molecule has 3 aromatic carbocycles. The minimum Gasteiger partial charge on any atom is -0.384 e. The molecule has 108 valence electrons.